The average molecular weight is 586 g/mol. The molecule has 0 aliphatic carbocycles. The third-order valence-corrected chi connectivity index (χ3v) is 6.91. The number of ether oxygens (including phenoxy) is 5. The third-order valence-electron chi connectivity index (χ3n) is 6.06. The summed E-state index contributed by atoms with van der Waals surface area (Å²) in [5, 5.41) is 19.8. The second-order valence-electron chi connectivity index (χ2n) is 8.59. The molecule has 0 spiro atoms. The molecule has 1 aromatic rings. The van der Waals surface area contributed by atoms with Crippen LogP contribution in [0.25, 0.3) is 0 Å². The van der Waals surface area contributed by atoms with Crippen molar-refractivity contribution < 1.29 is 48.3 Å². The molecule has 2 aliphatic rings. The highest BCUT2D eigenvalue weighted by Gasteiger charge is 2.51. The minimum Gasteiger partial charge on any atom is -0.439 e. The van der Waals surface area contributed by atoms with E-state index in [2.05, 4.69) is 15.9 Å². The van der Waals surface area contributed by atoms with Crippen LogP contribution in [0.15, 0.2) is 40.9 Å². The number of methoxy groups -OCH3 is 1. The highest BCUT2D eigenvalue weighted by molar-refractivity contribution is 9.11. The summed E-state index contributed by atoms with van der Waals surface area (Å²) >= 11 is 3.19. The number of imide groups is 1. The molecule has 1 saturated heterocycles. The Balaban J connectivity index is 1.65. The molecule has 2 heterocycles. The van der Waals surface area contributed by atoms with Gasteiger partial charge in [0.05, 0.1) is 37.0 Å². The first-order chi connectivity index (χ1) is 17.7. The number of carbonyl (C=O) groups is 3. The fraction of sp³-hybridized carbons (Fsp3) is 0.560. The van der Waals surface area contributed by atoms with E-state index in [1.807, 2.05) is 6.07 Å². The Kier molecular flexibility index (Phi) is 10.8. The van der Waals surface area contributed by atoms with Crippen molar-refractivity contribution >= 4 is 33.7 Å². The van der Waals surface area contributed by atoms with Crippen molar-refractivity contribution in [3.8, 4) is 0 Å². The van der Waals surface area contributed by atoms with Crippen molar-refractivity contribution in [1.29, 1.82) is 0 Å². The number of cyclic esters (lactones) is 1. The summed E-state index contributed by atoms with van der Waals surface area (Å²) in [6, 6.07) is 8.34. The first-order valence-electron chi connectivity index (χ1n) is 11.9. The zero-order valence-corrected chi connectivity index (χ0v) is 22.3. The SMILES string of the molecule is COC(C(=O)N1C(=O)OC(c2ccccc2)C1C)C1OC(O)(CCCOCCOCCO)C(Br)=CC1=O. The van der Waals surface area contributed by atoms with Gasteiger partial charge in [0.1, 0.15) is 6.10 Å². The molecule has 0 radical (unpaired) electrons. The number of nitrogens with zero attached hydrogens (tertiary/aromatic N) is 1. The summed E-state index contributed by atoms with van der Waals surface area (Å²) in [6.45, 7) is 2.73. The van der Waals surface area contributed by atoms with E-state index in [-0.39, 0.29) is 30.7 Å². The molecule has 5 unspecified atom stereocenters. The van der Waals surface area contributed by atoms with E-state index in [0.717, 1.165) is 16.5 Å². The molecule has 2 amide bonds. The van der Waals surface area contributed by atoms with Crippen LogP contribution in [0.1, 0.15) is 31.4 Å². The maximum atomic E-state index is 13.4. The third kappa shape index (κ3) is 7.02. The van der Waals surface area contributed by atoms with E-state index in [0.29, 0.717) is 19.6 Å². The molecule has 5 atom stereocenters. The Labute approximate surface area is 223 Å². The van der Waals surface area contributed by atoms with Gasteiger partial charge in [-0.05, 0) is 40.9 Å². The molecule has 0 aromatic heterocycles. The molecule has 204 valence electrons. The van der Waals surface area contributed by atoms with Gasteiger partial charge in [0.2, 0.25) is 0 Å². The Morgan fingerprint density at radius 3 is 2.49 bits per heavy atom. The van der Waals surface area contributed by atoms with Crippen LogP contribution in [0.3, 0.4) is 0 Å². The molecular weight excluding hydrogens is 554 g/mol. The molecule has 2 N–H and O–H groups in total. The molecule has 1 aromatic carbocycles. The number of amides is 2. The van der Waals surface area contributed by atoms with Crippen LogP contribution in [-0.2, 0) is 33.3 Å². The lowest BCUT2D eigenvalue weighted by molar-refractivity contribution is -0.227. The fourth-order valence-corrected chi connectivity index (χ4v) is 4.69. The van der Waals surface area contributed by atoms with Gasteiger partial charge in [-0.3, -0.25) is 9.59 Å². The van der Waals surface area contributed by atoms with Crippen LogP contribution in [-0.4, -0.2) is 97.1 Å². The van der Waals surface area contributed by atoms with Crippen molar-refractivity contribution in [2.24, 2.45) is 0 Å². The minimum atomic E-state index is -1.91. The van der Waals surface area contributed by atoms with Crippen LogP contribution in [0.2, 0.25) is 0 Å². The molecular formula is C25H32BrNO10. The van der Waals surface area contributed by atoms with E-state index in [1.165, 1.54) is 7.11 Å². The highest BCUT2D eigenvalue weighted by Crippen LogP contribution is 2.37. The Morgan fingerprint density at radius 2 is 1.84 bits per heavy atom. The smallest absolute Gasteiger partial charge is 0.417 e. The summed E-state index contributed by atoms with van der Waals surface area (Å²) in [5.41, 5.74) is 0.723. The van der Waals surface area contributed by atoms with E-state index in [9.17, 15) is 19.5 Å². The first kappa shape index (κ1) is 29.4. The Hall–Kier alpha value is -2.19. The van der Waals surface area contributed by atoms with Gasteiger partial charge >= 0.3 is 6.09 Å². The van der Waals surface area contributed by atoms with Gasteiger partial charge in [-0.25, -0.2) is 9.69 Å². The normalized spacial score (nSPS) is 26.7. The summed E-state index contributed by atoms with van der Waals surface area (Å²) < 4.78 is 27.2. The van der Waals surface area contributed by atoms with Crippen LogP contribution < -0.4 is 0 Å². The van der Waals surface area contributed by atoms with Crippen LogP contribution in [0, 0.1) is 0 Å². The van der Waals surface area contributed by atoms with Crippen LogP contribution in [0.5, 0.6) is 0 Å². The molecule has 0 bridgehead atoms. The van der Waals surface area contributed by atoms with Gasteiger partial charge in [0.25, 0.3) is 5.91 Å². The number of hydrogen-bond acceptors (Lipinski definition) is 10. The van der Waals surface area contributed by atoms with Crippen molar-refractivity contribution in [2.75, 3.05) is 40.1 Å². The molecule has 2 aliphatic heterocycles. The number of carbonyl (C=O) groups excluding carboxylic acids is 3. The van der Waals surface area contributed by atoms with Crippen molar-refractivity contribution in [3.05, 3.63) is 46.5 Å². The molecule has 1 fully saturated rings. The minimum absolute atomic E-state index is 0.0498. The van der Waals surface area contributed by atoms with Crippen LogP contribution in [0.4, 0.5) is 4.79 Å². The van der Waals surface area contributed by atoms with E-state index >= 15 is 0 Å². The topological polar surface area (TPSA) is 141 Å². The van der Waals surface area contributed by atoms with Crippen molar-refractivity contribution in [1.82, 2.24) is 4.90 Å². The molecule has 12 heteroatoms. The number of ketones is 1. The van der Waals surface area contributed by atoms with Gasteiger partial charge < -0.3 is 33.9 Å². The second kappa shape index (κ2) is 13.6. The predicted octanol–water partition coefficient (Wildman–Crippen LogP) is 1.85. The number of benzene rings is 1. The van der Waals surface area contributed by atoms with Gasteiger partial charge in [-0.15, -0.1) is 0 Å². The van der Waals surface area contributed by atoms with E-state index < -0.39 is 47.9 Å². The Bertz CT molecular complexity index is 973. The lowest BCUT2D eigenvalue weighted by Gasteiger charge is -2.38. The first-order valence-corrected chi connectivity index (χ1v) is 12.7. The van der Waals surface area contributed by atoms with Gasteiger partial charge in [-0.2, -0.15) is 0 Å². The van der Waals surface area contributed by atoms with Crippen molar-refractivity contribution in [2.45, 2.75) is 49.9 Å². The summed E-state index contributed by atoms with van der Waals surface area (Å²) in [7, 11) is 1.22. The fourth-order valence-electron chi connectivity index (χ4n) is 4.17. The average Bonchev–Trinajstić information content (AvgIpc) is 3.18. The molecule has 3 rings (SSSR count). The summed E-state index contributed by atoms with van der Waals surface area (Å²) in [4.78, 5) is 39.8. The lowest BCUT2D eigenvalue weighted by Crippen LogP contribution is -2.56. The zero-order chi connectivity index (χ0) is 27.0. The highest BCUT2D eigenvalue weighted by atomic mass is 79.9. The number of aliphatic hydroxyl groups excluding tert-OH is 1. The maximum absolute atomic E-state index is 13.4. The van der Waals surface area contributed by atoms with Gasteiger partial charge in [0, 0.05) is 20.1 Å². The standard InChI is InChI=1S/C25H32BrNO10/c1-16-20(17-7-4-3-5-8-17)36-24(31)27(16)23(30)22(33-2)21-18(29)15-19(26)25(32,37-21)9-6-11-34-13-14-35-12-10-28/h3-5,7-8,15-16,20-22,28,32H,6,9-14H2,1-2H3. The number of hydrogen-bond donors (Lipinski definition) is 2. The monoisotopic (exact) mass is 585 g/mol. The number of halogens is 1. The van der Waals surface area contributed by atoms with E-state index in [1.54, 1.807) is 31.2 Å². The molecule has 11 nitrogen and oxygen atoms in total. The predicted molar refractivity (Wildman–Crippen MR) is 133 cm³/mol. The number of aliphatic hydroxyl groups is 2. The lowest BCUT2D eigenvalue weighted by atomic mass is 9.98. The largest absolute Gasteiger partial charge is 0.439 e. The molecule has 0 saturated carbocycles. The van der Waals surface area contributed by atoms with Gasteiger partial charge in [-0.1, -0.05) is 30.3 Å². The van der Waals surface area contributed by atoms with Crippen molar-refractivity contribution in [3.63, 3.8) is 0 Å². The second-order valence-corrected chi connectivity index (χ2v) is 9.44. The summed E-state index contributed by atoms with van der Waals surface area (Å²) in [5.74, 6) is -3.32. The van der Waals surface area contributed by atoms with Crippen LogP contribution >= 0.6 is 15.9 Å². The maximum Gasteiger partial charge on any atom is 0.417 e. The zero-order valence-electron chi connectivity index (χ0n) is 20.7. The van der Waals surface area contributed by atoms with E-state index in [4.69, 9.17) is 28.8 Å². The number of rotatable bonds is 13. The summed E-state index contributed by atoms with van der Waals surface area (Å²) in [6.07, 6.45) is -2.97. The Morgan fingerprint density at radius 1 is 1.16 bits per heavy atom. The quantitative estimate of drug-likeness (QED) is 0.329. The molecule has 37 heavy (non-hydrogen) atoms. The van der Waals surface area contributed by atoms with Gasteiger partial charge in [0.15, 0.2) is 23.8 Å².